The summed E-state index contributed by atoms with van der Waals surface area (Å²) in [5.41, 5.74) is 5.39. The quantitative estimate of drug-likeness (QED) is 0.174. The highest BCUT2D eigenvalue weighted by Gasteiger charge is 2.30. The van der Waals surface area contributed by atoms with Crippen LogP contribution < -0.4 is 4.18 Å². The van der Waals surface area contributed by atoms with Gasteiger partial charge >= 0.3 is 10.1 Å². The van der Waals surface area contributed by atoms with Crippen LogP contribution in [0.5, 0.6) is 5.88 Å². The molecular weight excluding hydrogens is 539 g/mol. The molecule has 0 fully saturated rings. The Morgan fingerprint density at radius 3 is 2.05 bits per heavy atom. The fourth-order valence-corrected chi connectivity index (χ4v) is 7.43. The van der Waals surface area contributed by atoms with Crippen molar-refractivity contribution in [3.63, 3.8) is 0 Å². The van der Waals surface area contributed by atoms with Gasteiger partial charge in [0, 0.05) is 22.8 Å². The molecule has 40 heavy (non-hydrogen) atoms. The van der Waals surface area contributed by atoms with Gasteiger partial charge in [-0.2, -0.15) is 13.4 Å². The second-order valence-electron chi connectivity index (χ2n) is 10.8. The van der Waals surface area contributed by atoms with Gasteiger partial charge in [0.1, 0.15) is 9.60 Å². The molecule has 0 spiro atoms. The molecule has 3 aromatic heterocycles. The van der Waals surface area contributed by atoms with E-state index in [0.29, 0.717) is 16.0 Å². The van der Waals surface area contributed by atoms with Crippen molar-refractivity contribution >= 4 is 31.7 Å². The molecule has 0 radical (unpaired) electrons. The number of hydrogen-bond donors (Lipinski definition) is 0. The highest BCUT2D eigenvalue weighted by atomic mass is 32.2. The summed E-state index contributed by atoms with van der Waals surface area (Å²) in [6, 6.07) is 19.1. The van der Waals surface area contributed by atoms with Gasteiger partial charge in [0.05, 0.1) is 5.52 Å². The second kappa shape index (κ2) is 11.1. The second-order valence-corrected chi connectivity index (χ2v) is 13.3. The van der Waals surface area contributed by atoms with Crippen molar-refractivity contribution in [1.82, 2.24) is 15.0 Å². The smallest absolute Gasteiger partial charge is 0.341 e. The zero-order valence-corrected chi connectivity index (χ0v) is 25.2. The molecule has 0 saturated heterocycles. The topological polar surface area (TPSA) is 82.0 Å². The number of nitrogens with zero attached hydrogens (tertiary/aromatic N) is 3. The molecule has 0 saturated carbocycles. The van der Waals surface area contributed by atoms with E-state index in [-0.39, 0.29) is 28.5 Å². The van der Waals surface area contributed by atoms with Gasteiger partial charge in [-0.05, 0) is 64.3 Å². The van der Waals surface area contributed by atoms with Crippen LogP contribution in [0.15, 0.2) is 78.0 Å². The third-order valence-corrected chi connectivity index (χ3v) is 9.29. The number of pyridine rings is 1. The van der Waals surface area contributed by atoms with E-state index in [1.54, 1.807) is 30.6 Å². The summed E-state index contributed by atoms with van der Waals surface area (Å²) < 4.78 is 34.7. The van der Waals surface area contributed by atoms with Crippen LogP contribution in [0.1, 0.15) is 76.0 Å². The van der Waals surface area contributed by atoms with Crippen LogP contribution in [-0.2, 0) is 10.1 Å². The first-order valence-electron chi connectivity index (χ1n) is 13.5. The maximum Gasteiger partial charge on any atom is 0.341 e. The lowest BCUT2D eigenvalue weighted by Gasteiger charge is -2.25. The molecule has 0 amide bonds. The molecule has 8 heteroatoms. The fourth-order valence-electron chi connectivity index (χ4n) is 5.08. The summed E-state index contributed by atoms with van der Waals surface area (Å²) in [5.74, 6) is 0.797. The van der Waals surface area contributed by atoms with Gasteiger partial charge in [-0.1, -0.05) is 77.9 Å². The minimum absolute atomic E-state index is 0.0197. The first kappa shape index (κ1) is 27.9. The highest BCUT2D eigenvalue weighted by Crippen LogP contribution is 2.41. The Morgan fingerprint density at radius 2 is 1.43 bits per heavy atom. The number of hydrogen-bond acceptors (Lipinski definition) is 7. The Hall–Kier alpha value is -3.62. The molecular formula is C32H33N3O3S2. The summed E-state index contributed by atoms with van der Waals surface area (Å²) in [5, 5.41) is 0. The van der Waals surface area contributed by atoms with Crippen molar-refractivity contribution in [3.05, 3.63) is 89.7 Å². The molecule has 5 rings (SSSR count). The lowest BCUT2D eigenvalue weighted by molar-refractivity contribution is 0.477. The monoisotopic (exact) mass is 571 g/mol. The largest absolute Gasteiger partial charge is 0.356 e. The van der Waals surface area contributed by atoms with E-state index in [2.05, 4.69) is 37.7 Å². The fraction of sp³-hybridized carbons (Fsp3) is 0.281. The van der Waals surface area contributed by atoms with Crippen LogP contribution in [0.3, 0.4) is 0 Å². The van der Waals surface area contributed by atoms with Gasteiger partial charge in [-0.25, -0.2) is 4.98 Å². The van der Waals surface area contributed by atoms with Crippen molar-refractivity contribution in [2.45, 2.75) is 64.2 Å². The van der Waals surface area contributed by atoms with Crippen molar-refractivity contribution in [1.29, 1.82) is 0 Å². The Kier molecular flexibility index (Phi) is 7.75. The SMILES string of the molecule is CC(C)c1ccc(S(=O)(=O)Oc2nc(-c3ccncc3)nc3cc(-c4ccccc4)sc23)c(C(C)C)c1C(C)C. The maximum atomic E-state index is 14.1. The number of aromatic nitrogens is 3. The summed E-state index contributed by atoms with van der Waals surface area (Å²) in [6.45, 7) is 12.5. The van der Waals surface area contributed by atoms with Gasteiger partial charge in [-0.15, -0.1) is 11.3 Å². The Morgan fingerprint density at radius 1 is 0.750 bits per heavy atom. The Labute approximate surface area is 240 Å². The summed E-state index contributed by atoms with van der Waals surface area (Å²) in [7, 11) is -4.23. The molecule has 0 aliphatic heterocycles. The van der Waals surface area contributed by atoms with Crippen molar-refractivity contribution < 1.29 is 12.6 Å². The van der Waals surface area contributed by atoms with E-state index in [0.717, 1.165) is 32.7 Å². The summed E-state index contributed by atoms with van der Waals surface area (Å²) in [4.78, 5) is 14.6. The Bertz CT molecular complexity index is 1760. The van der Waals surface area contributed by atoms with E-state index in [9.17, 15) is 8.42 Å². The molecule has 3 heterocycles. The predicted octanol–water partition coefficient (Wildman–Crippen LogP) is 8.56. The van der Waals surface area contributed by atoms with Gasteiger partial charge in [0.2, 0.25) is 0 Å². The summed E-state index contributed by atoms with van der Waals surface area (Å²) >= 11 is 1.41. The van der Waals surface area contributed by atoms with Gasteiger partial charge in [-0.3, -0.25) is 4.98 Å². The minimum Gasteiger partial charge on any atom is -0.356 e. The van der Waals surface area contributed by atoms with Gasteiger partial charge < -0.3 is 4.18 Å². The van der Waals surface area contributed by atoms with Crippen LogP contribution >= 0.6 is 11.3 Å². The number of benzene rings is 2. The van der Waals surface area contributed by atoms with E-state index < -0.39 is 10.1 Å². The normalized spacial score (nSPS) is 12.1. The van der Waals surface area contributed by atoms with Gasteiger partial charge in [0.15, 0.2) is 5.82 Å². The predicted molar refractivity (Wildman–Crippen MR) is 163 cm³/mol. The van der Waals surface area contributed by atoms with Gasteiger partial charge in [0.25, 0.3) is 5.88 Å². The van der Waals surface area contributed by atoms with E-state index in [4.69, 9.17) is 9.17 Å². The lowest BCUT2D eigenvalue weighted by atomic mass is 9.83. The molecule has 0 aliphatic carbocycles. The third-order valence-electron chi connectivity index (χ3n) is 6.85. The molecule has 206 valence electrons. The maximum absolute atomic E-state index is 14.1. The van der Waals surface area contributed by atoms with Crippen molar-refractivity contribution in [2.75, 3.05) is 0 Å². The molecule has 0 unspecified atom stereocenters. The average molecular weight is 572 g/mol. The van der Waals surface area contributed by atoms with Crippen LogP contribution in [-0.4, -0.2) is 23.4 Å². The molecule has 0 aliphatic rings. The first-order chi connectivity index (χ1) is 19.1. The van der Waals surface area contributed by atoms with Crippen LogP contribution in [0.25, 0.3) is 32.0 Å². The van der Waals surface area contributed by atoms with Crippen LogP contribution in [0.2, 0.25) is 0 Å². The number of fused-ring (bicyclic) bond motifs is 1. The van der Waals surface area contributed by atoms with E-state index >= 15 is 0 Å². The van der Waals surface area contributed by atoms with Crippen LogP contribution in [0.4, 0.5) is 0 Å². The molecule has 0 N–H and O–H groups in total. The van der Waals surface area contributed by atoms with Crippen LogP contribution in [0, 0.1) is 0 Å². The number of rotatable bonds is 8. The highest BCUT2D eigenvalue weighted by molar-refractivity contribution is 7.87. The molecule has 5 aromatic rings. The first-order valence-corrected chi connectivity index (χ1v) is 15.7. The molecule has 0 atom stereocenters. The van der Waals surface area contributed by atoms with Crippen molar-refractivity contribution in [3.8, 4) is 27.7 Å². The lowest BCUT2D eigenvalue weighted by Crippen LogP contribution is -2.17. The molecule has 6 nitrogen and oxygen atoms in total. The third kappa shape index (κ3) is 5.38. The minimum atomic E-state index is -4.23. The molecule has 2 aromatic carbocycles. The number of thiophene rings is 1. The molecule has 0 bridgehead atoms. The zero-order valence-electron chi connectivity index (χ0n) is 23.5. The van der Waals surface area contributed by atoms with Crippen molar-refractivity contribution in [2.24, 2.45) is 0 Å². The summed E-state index contributed by atoms with van der Waals surface area (Å²) in [6.07, 6.45) is 3.31. The van der Waals surface area contributed by atoms with E-state index in [1.807, 2.05) is 56.3 Å². The zero-order chi connectivity index (χ0) is 28.6. The van der Waals surface area contributed by atoms with E-state index in [1.165, 1.54) is 11.3 Å². The average Bonchev–Trinajstić information content (AvgIpc) is 3.37. The standard InChI is InChI=1S/C32H33N3O3S2/c1-19(2)24-12-13-27(29(21(5)6)28(24)20(3)4)40(36,37)38-32-30-25(18-26(39-30)22-10-8-7-9-11-22)34-31(35-32)23-14-16-33-17-15-23/h7-21H,1-6H3. The Balaban J connectivity index is 1.70.